The van der Waals surface area contributed by atoms with Crippen LogP contribution in [0.5, 0.6) is 5.75 Å². The molecule has 3 N–H and O–H groups in total. The van der Waals surface area contributed by atoms with Gasteiger partial charge in [-0.2, -0.15) is 0 Å². The summed E-state index contributed by atoms with van der Waals surface area (Å²) in [6.07, 6.45) is -0.381. The number of rotatable bonds is 5. The number of benzene rings is 1. The van der Waals surface area contributed by atoms with Gasteiger partial charge in [-0.15, -0.1) is 0 Å². The van der Waals surface area contributed by atoms with Crippen molar-refractivity contribution < 1.29 is 19.6 Å². The zero-order valence-corrected chi connectivity index (χ0v) is 12.0. The van der Waals surface area contributed by atoms with E-state index in [1.165, 1.54) is 18.0 Å². The van der Waals surface area contributed by atoms with Gasteiger partial charge in [0, 0.05) is 0 Å². The molecule has 2 rings (SSSR count). The van der Waals surface area contributed by atoms with Crippen LogP contribution in [0.2, 0.25) is 0 Å². The van der Waals surface area contributed by atoms with Crippen LogP contribution in [0.25, 0.3) is 0 Å². The predicted molar refractivity (Wildman–Crippen MR) is 74.9 cm³/mol. The molecule has 1 heterocycles. The Morgan fingerprint density at radius 3 is 2.58 bits per heavy atom. The summed E-state index contributed by atoms with van der Waals surface area (Å²) in [5.74, 6) is 0.874. The summed E-state index contributed by atoms with van der Waals surface area (Å²) in [6, 6.07) is 7.93. The lowest BCUT2D eigenvalue weighted by Crippen LogP contribution is -3.27. The Hall–Kier alpha value is -1.10. The minimum atomic E-state index is -0.381. The smallest absolute Gasteiger partial charge is 0.137 e. The topological polar surface area (TPSA) is 38.3 Å². The van der Waals surface area contributed by atoms with E-state index in [1.807, 2.05) is 31.2 Å². The molecular weight excluding hydrogens is 240 g/mol. The number of aliphatic hydroxyl groups excluding tert-OH is 1. The van der Waals surface area contributed by atoms with Crippen LogP contribution in [0.3, 0.4) is 0 Å². The summed E-state index contributed by atoms with van der Waals surface area (Å²) in [5, 5.41) is 10.1. The minimum absolute atomic E-state index is 0.381. The number of para-hydroxylation sites is 1. The summed E-state index contributed by atoms with van der Waals surface area (Å²) >= 11 is 0. The summed E-state index contributed by atoms with van der Waals surface area (Å²) < 4.78 is 5.69. The maximum atomic E-state index is 10.1. The molecule has 0 bridgehead atoms. The van der Waals surface area contributed by atoms with Crippen molar-refractivity contribution in [1.82, 2.24) is 0 Å². The van der Waals surface area contributed by atoms with Crippen molar-refractivity contribution in [2.45, 2.75) is 13.0 Å². The molecule has 0 saturated carbocycles. The Kier molecular flexibility index (Phi) is 5.19. The van der Waals surface area contributed by atoms with E-state index in [-0.39, 0.29) is 6.10 Å². The normalized spacial score (nSPS) is 25.0. The minimum Gasteiger partial charge on any atom is -0.490 e. The molecule has 0 amide bonds. The molecule has 19 heavy (non-hydrogen) atoms. The average molecular weight is 266 g/mol. The molecular formula is C15H26N2O2+2. The second-order valence-corrected chi connectivity index (χ2v) is 5.64. The third-order valence-corrected chi connectivity index (χ3v) is 3.86. The lowest BCUT2D eigenvalue weighted by atomic mass is 10.2. The van der Waals surface area contributed by atoms with Gasteiger partial charge < -0.3 is 19.6 Å². The summed E-state index contributed by atoms with van der Waals surface area (Å²) in [6.45, 7) is 7.88. The van der Waals surface area contributed by atoms with Crippen LogP contribution in [0.15, 0.2) is 24.3 Å². The molecule has 1 saturated heterocycles. The van der Waals surface area contributed by atoms with Crippen LogP contribution >= 0.6 is 0 Å². The number of likely N-dealkylation sites (N-methyl/N-ethyl adjacent to an activating group) is 1. The lowest BCUT2D eigenvalue weighted by molar-refractivity contribution is -1.00. The quantitative estimate of drug-likeness (QED) is 0.585. The standard InChI is InChI=1S/C15H24N2O2/c1-13-5-3-4-6-15(13)19-12-14(18)11-17-9-7-16(2)8-10-17/h3-6,14,18H,7-12H2,1-2H3/p+2/t14-/m1/s1. The number of quaternary nitrogens is 2. The van der Waals surface area contributed by atoms with E-state index in [4.69, 9.17) is 4.74 Å². The van der Waals surface area contributed by atoms with Crippen LogP contribution in [0.4, 0.5) is 0 Å². The highest BCUT2D eigenvalue weighted by molar-refractivity contribution is 5.31. The van der Waals surface area contributed by atoms with Crippen molar-refractivity contribution in [2.24, 2.45) is 0 Å². The largest absolute Gasteiger partial charge is 0.490 e. The van der Waals surface area contributed by atoms with Gasteiger partial charge in [-0.05, 0) is 18.6 Å². The van der Waals surface area contributed by atoms with Crippen molar-refractivity contribution in [3.05, 3.63) is 29.8 Å². The van der Waals surface area contributed by atoms with E-state index >= 15 is 0 Å². The number of aryl methyl sites for hydroxylation is 1. The Morgan fingerprint density at radius 2 is 1.89 bits per heavy atom. The second-order valence-electron chi connectivity index (χ2n) is 5.64. The molecule has 1 aromatic carbocycles. The summed E-state index contributed by atoms with van der Waals surface area (Å²) in [7, 11) is 2.23. The highest BCUT2D eigenvalue weighted by atomic mass is 16.5. The highest BCUT2D eigenvalue weighted by Gasteiger charge is 2.22. The first-order valence-electron chi connectivity index (χ1n) is 7.16. The monoisotopic (exact) mass is 266 g/mol. The molecule has 1 aromatic rings. The van der Waals surface area contributed by atoms with E-state index < -0.39 is 0 Å². The van der Waals surface area contributed by atoms with Crippen molar-refractivity contribution >= 4 is 0 Å². The third-order valence-electron chi connectivity index (χ3n) is 3.86. The van der Waals surface area contributed by atoms with Crippen molar-refractivity contribution in [2.75, 3.05) is 46.4 Å². The molecule has 0 unspecified atom stereocenters. The highest BCUT2D eigenvalue weighted by Crippen LogP contribution is 2.15. The maximum Gasteiger partial charge on any atom is 0.137 e. The SMILES string of the molecule is Cc1ccccc1OC[C@H](O)C[NH+]1CC[NH+](C)CC1. The Morgan fingerprint density at radius 1 is 1.21 bits per heavy atom. The predicted octanol–water partition coefficient (Wildman–Crippen LogP) is -1.85. The second kappa shape index (κ2) is 6.89. The number of nitrogens with one attached hydrogen (secondary N) is 2. The van der Waals surface area contributed by atoms with Crippen molar-refractivity contribution in [1.29, 1.82) is 0 Å². The van der Waals surface area contributed by atoms with Crippen LogP contribution in [-0.2, 0) is 0 Å². The van der Waals surface area contributed by atoms with E-state index in [2.05, 4.69) is 7.05 Å². The zero-order chi connectivity index (χ0) is 13.7. The van der Waals surface area contributed by atoms with Gasteiger partial charge in [-0.25, -0.2) is 0 Å². The molecule has 4 heteroatoms. The zero-order valence-electron chi connectivity index (χ0n) is 12.0. The number of hydrogen-bond donors (Lipinski definition) is 3. The number of ether oxygens (including phenoxy) is 1. The first-order valence-corrected chi connectivity index (χ1v) is 7.16. The fourth-order valence-electron chi connectivity index (χ4n) is 2.53. The Balaban J connectivity index is 1.73. The van der Waals surface area contributed by atoms with Crippen LogP contribution < -0.4 is 14.5 Å². The van der Waals surface area contributed by atoms with Crippen LogP contribution in [-0.4, -0.2) is 57.6 Å². The van der Waals surface area contributed by atoms with Gasteiger partial charge in [0.1, 0.15) is 51.2 Å². The molecule has 1 aliphatic rings. The van der Waals surface area contributed by atoms with Crippen LogP contribution in [0.1, 0.15) is 5.56 Å². The molecule has 1 aliphatic heterocycles. The summed E-state index contributed by atoms with van der Waals surface area (Å²) in [5.41, 5.74) is 1.12. The molecule has 0 aromatic heterocycles. The first kappa shape index (κ1) is 14.3. The van der Waals surface area contributed by atoms with Crippen molar-refractivity contribution in [3.8, 4) is 5.75 Å². The van der Waals surface area contributed by atoms with Gasteiger partial charge in [-0.1, -0.05) is 18.2 Å². The third kappa shape index (κ3) is 4.49. The summed E-state index contributed by atoms with van der Waals surface area (Å²) in [4.78, 5) is 3.08. The molecule has 4 nitrogen and oxygen atoms in total. The number of hydrogen-bond acceptors (Lipinski definition) is 2. The first-order chi connectivity index (χ1) is 9.15. The Bertz CT molecular complexity index is 389. The van der Waals surface area contributed by atoms with Gasteiger partial charge in [0.15, 0.2) is 0 Å². The number of piperazine rings is 1. The van der Waals surface area contributed by atoms with Gasteiger partial charge in [0.05, 0.1) is 7.05 Å². The Labute approximate surface area is 115 Å². The number of aliphatic hydroxyl groups is 1. The molecule has 0 aliphatic carbocycles. The van der Waals surface area contributed by atoms with Gasteiger partial charge in [-0.3, -0.25) is 0 Å². The molecule has 106 valence electrons. The van der Waals surface area contributed by atoms with Crippen molar-refractivity contribution in [3.63, 3.8) is 0 Å². The van der Waals surface area contributed by atoms with Gasteiger partial charge in [0.25, 0.3) is 0 Å². The fourth-order valence-corrected chi connectivity index (χ4v) is 2.53. The molecule has 1 fully saturated rings. The molecule has 0 spiro atoms. The van der Waals surface area contributed by atoms with Gasteiger partial charge >= 0.3 is 0 Å². The molecule has 1 atom stereocenters. The average Bonchev–Trinajstić information content (AvgIpc) is 2.40. The van der Waals surface area contributed by atoms with Crippen LogP contribution in [0, 0.1) is 6.92 Å². The van der Waals surface area contributed by atoms with E-state index in [0.29, 0.717) is 6.61 Å². The fraction of sp³-hybridized carbons (Fsp3) is 0.600. The molecule has 0 radical (unpaired) electrons. The van der Waals surface area contributed by atoms with Gasteiger partial charge in [0.2, 0.25) is 0 Å². The van der Waals surface area contributed by atoms with E-state index in [0.717, 1.165) is 30.9 Å². The van der Waals surface area contributed by atoms with E-state index in [1.54, 1.807) is 4.90 Å². The maximum absolute atomic E-state index is 10.1. The lowest BCUT2D eigenvalue weighted by Gasteiger charge is -2.28. The van der Waals surface area contributed by atoms with E-state index in [9.17, 15) is 5.11 Å².